The number of carbonyl (C=O) groups is 1. The van der Waals surface area contributed by atoms with Gasteiger partial charge in [0.25, 0.3) is 0 Å². The highest BCUT2D eigenvalue weighted by Gasteiger charge is 2.15. The van der Waals surface area contributed by atoms with Crippen LogP contribution in [0.4, 0.5) is 0 Å². The van der Waals surface area contributed by atoms with Gasteiger partial charge in [-0.05, 0) is 12.8 Å². The molecule has 0 saturated carbocycles. The molecule has 1 rings (SSSR count). The summed E-state index contributed by atoms with van der Waals surface area (Å²) in [7, 11) is 0. The molecule has 1 aromatic heterocycles. The van der Waals surface area contributed by atoms with Crippen LogP contribution in [0.25, 0.3) is 0 Å². The standard InChI is InChI=1S/C11H20N4O/c1-3-5-6-9(4-2)11(16)12-7-10-13-8-14-15-10/h8-9H,3-7H2,1-2H3,(H,12,16)(H,13,14,15). The van der Waals surface area contributed by atoms with Crippen molar-refractivity contribution in [2.24, 2.45) is 5.92 Å². The molecule has 0 saturated heterocycles. The van der Waals surface area contributed by atoms with E-state index in [1.165, 1.54) is 6.33 Å². The van der Waals surface area contributed by atoms with Crippen LogP contribution in [0.15, 0.2) is 6.33 Å². The molecule has 5 heteroatoms. The molecule has 1 atom stereocenters. The molecular weight excluding hydrogens is 204 g/mol. The number of hydrogen-bond donors (Lipinski definition) is 2. The molecule has 0 bridgehead atoms. The Labute approximate surface area is 96.0 Å². The Hall–Kier alpha value is -1.39. The summed E-state index contributed by atoms with van der Waals surface area (Å²) in [4.78, 5) is 15.8. The van der Waals surface area contributed by atoms with Crippen molar-refractivity contribution >= 4 is 5.91 Å². The second-order valence-electron chi connectivity index (χ2n) is 3.90. The largest absolute Gasteiger partial charge is 0.349 e. The molecule has 90 valence electrons. The molecule has 0 aliphatic heterocycles. The minimum atomic E-state index is 0.118. The zero-order valence-electron chi connectivity index (χ0n) is 9.99. The topological polar surface area (TPSA) is 70.7 Å². The number of nitrogens with zero attached hydrogens (tertiary/aromatic N) is 2. The molecule has 0 radical (unpaired) electrons. The van der Waals surface area contributed by atoms with E-state index in [4.69, 9.17) is 0 Å². The first-order valence-electron chi connectivity index (χ1n) is 5.89. The van der Waals surface area contributed by atoms with Gasteiger partial charge in [-0.3, -0.25) is 9.89 Å². The molecule has 0 aliphatic carbocycles. The average molecular weight is 224 g/mol. The van der Waals surface area contributed by atoms with E-state index in [1.807, 2.05) is 6.92 Å². The molecule has 1 heterocycles. The van der Waals surface area contributed by atoms with Crippen LogP contribution in [0.5, 0.6) is 0 Å². The summed E-state index contributed by atoms with van der Waals surface area (Å²) < 4.78 is 0. The Bertz CT molecular complexity index is 297. The van der Waals surface area contributed by atoms with Crippen molar-refractivity contribution in [1.29, 1.82) is 0 Å². The maximum Gasteiger partial charge on any atom is 0.223 e. The lowest BCUT2D eigenvalue weighted by Crippen LogP contribution is -2.30. The van der Waals surface area contributed by atoms with Crippen LogP contribution < -0.4 is 5.32 Å². The second kappa shape index (κ2) is 6.98. The molecular formula is C11H20N4O. The van der Waals surface area contributed by atoms with Gasteiger partial charge >= 0.3 is 0 Å². The lowest BCUT2D eigenvalue weighted by molar-refractivity contribution is -0.125. The van der Waals surface area contributed by atoms with Gasteiger partial charge in [0.05, 0.1) is 6.54 Å². The summed E-state index contributed by atoms with van der Waals surface area (Å²) in [5, 5.41) is 9.32. The van der Waals surface area contributed by atoms with E-state index in [2.05, 4.69) is 27.4 Å². The molecule has 1 aromatic rings. The number of carbonyl (C=O) groups excluding carboxylic acids is 1. The fourth-order valence-corrected chi connectivity index (χ4v) is 1.60. The van der Waals surface area contributed by atoms with E-state index in [0.717, 1.165) is 25.7 Å². The number of hydrogen-bond acceptors (Lipinski definition) is 3. The fraction of sp³-hybridized carbons (Fsp3) is 0.727. The van der Waals surface area contributed by atoms with Crippen LogP contribution in [0.1, 0.15) is 45.4 Å². The third-order valence-electron chi connectivity index (χ3n) is 2.66. The van der Waals surface area contributed by atoms with E-state index in [0.29, 0.717) is 12.4 Å². The number of rotatable bonds is 7. The van der Waals surface area contributed by atoms with Gasteiger partial charge in [0.15, 0.2) is 0 Å². The van der Waals surface area contributed by atoms with E-state index >= 15 is 0 Å². The first-order valence-corrected chi connectivity index (χ1v) is 5.89. The SMILES string of the molecule is CCCCC(CC)C(=O)NCc1ncn[nH]1. The van der Waals surface area contributed by atoms with Gasteiger partial charge in [0, 0.05) is 5.92 Å². The number of aromatic amines is 1. The summed E-state index contributed by atoms with van der Waals surface area (Å²) >= 11 is 0. The quantitative estimate of drug-likeness (QED) is 0.739. The Morgan fingerprint density at radius 3 is 2.94 bits per heavy atom. The van der Waals surface area contributed by atoms with E-state index in [-0.39, 0.29) is 11.8 Å². The van der Waals surface area contributed by atoms with Crippen molar-refractivity contribution in [2.45, 2.75) is 46.1 Å². The number of unbranched alkanes of at least 4 members (excludes halogenated alkanes) is 1. The van der Waals surface area contributed by atoms with Crippen molar-refractivity contribution in [2.75, 3.05) is 0 Å². The normalized spacial score (nSPS) is 12.4. The Balaban J connectivity index is 2.31. The number of H-pyrrole nitrogens is 1. The Morgan fingerprint density at radius 1 is 1.56 bits per heavy atom. The molecule has 2 N–H and O–H groups in total. The van der Waals surface area contributed by atoms with Crippen molar-refractivity contribution in [1.82, 2.24) is 20.5 Å². The minimum Gasteiger partial charge on any atom is -0.349 e. The molecule has 0 spiro atoms. The van der Waals surface area contributed by atoms with Gasteiger partial charge in [-0.1, -0.05) is 26.7 Å². The van der Waals surface area contributed by atoms with Crippen LogP contribution in [-0.4, -0.2) is 21.1 Å². The number of aromatic nitrogens is 3. The molecule has 0 aromatic carbocycles. The molecule has 16 heavy (non-hydrogen) atoms. The second-order valence-corrected chi connectivity index (χ2v) is 3.90. The highest BCUT2D eigenvalue weighted by molar-refractivity contribution is 5.78. The molecule has 1 unspecified atom stereocenters. The first-order chi connectivity index (χ1) is 7.77. The Kier molecular flexibility index (Phi) is 5.53. The van der Waals surface area contributed by atoms with Gasteiger partial charge in [0.1, 0.15) is 12.2 Å². The molecule has 5 nitrogen and oxygen atoms in total. The van der Waals surface area contributed by atoms with Crippen molar-refractivity contribution in [3.8, 4) is 0 Å². The van der Waals surface area contributed by atoms with Gasteiger partial charge in [-0.15, -0.1) is 0 Å². The molecule has 0 aliphatic rings. The zero-order valence-corrected chi connectivity index (χ0v) is 9.99. The third kappa shape index (κ3) is 4.00. The van der Waals surface area contributed by atoms with Gasteiger partial charge in [-0.2, -0.15) is 5.10 Å². The Morgan fingerprint density at radius 2 is 2.38 bits per heavy atom. The summed E-state index contributed by atoms with van der Waals surface area (Å²) in [5.74, 6) is 0.939. The smallest absolute Gasteiger partial charge is 0.223 e. The third-order valence-corrected chi connectivity index (χ3v) is 2.66. The first kappa shape index (κ1) is 12.7. The molecule has 0 fully saturated rings. The van der Waals surface area contributed by atoms with Crippen LogP contribution in [-0.2, 0) is 11.3 Å². The van der Waals surface area contributed by atoms with Crippen molar-refractivity contribution in [3.63, 3.8) is 0 Å². The maximum absolute atomic E-state index is 11.8. The summed E-state index contributed by atoms with van der Waals surface area (Å²) in [6, 6.07) is 0. The number of amides is 1. The predicted molar refractivity (Wildman–Crippen MR) is 61.5 cm³/mol. The summed E-state index contributed by atoms with van der Waals surface area (Å²) in [6.45, 7) is 4.62. The highest BCUT2D eigenvalue weighted by atomic mass is 16.1. The van der Waals surface area contributed by atoms with Crippen LogP contribution in [0, 0.1) is 5.92 Å². The minimum absolute atomic E-state index is 0.118. The van der Waals surface area contributed by atoms with Crippen LogP contribution in [0.2, 0.25) is 0 Å². The number of nitrogens with one attached hydrogen (secondary N) is 2. The van der Waals surface area contributed by atoms with Crippen LogP contribution >= 0.6 is 0 Å². The van der Waals surface area contributed by atoms with Crippen LogP contribution in [0.3, 0.4) is 0 Å². The van der Waals surface area contributed by atoms with E-state index in [9.17, 15) is 4.79 Å². The average Bonchev–Trinajstić information content (AvgIpc) is 2.80. The van der Waals surface area contributed by atoms with Crippen molar-refractivity contribution in [3.05, 3.63) is 12.2 Å². The zero-order chi connectivity index (χ0) is 11.8. The van der Waals surface area contributed by atoms with E-state index < -0.39 is 0 Å². The maximum atomic E-state index is 11.8. The monoisotopic (exact) mass is 224 g/mol. The fourth-order valence-electron chi connectivity index (χ4n) is 1.60. The lowest BCUT2D eigenvalue weighted by Gasteiger charge is -2.13. The van der Waals surface area contributed by atoms with E-state index in [1.54, 1.807) is 0 Å². The predicted octanol–water partition coefficient (Wildman–Crippen LogP) is 1.64. The van der Waals surface area contributed by atoms with Gasteiger partial charge in [-0.25, -0.2) is 4.98 Å². The lowest BCUT2D eigenvalue weighted by atomic mass is 9.98. The van der Waals surface area contributed by atoms with Gasteiger partial charge in [0.2, 0.25) is 5.91 Å². The van der Waals surface area contributed by atoms with Crippen molar-refractivity contribution < 1.29 is 4.79 Å². The van der Waals surface area contributed by atoms with Gasteiger partial charge < -0.3 is 5.32 Å². The summed E-state index contributed by atoms with van der Waals surface area (Å²) in [6.07, 6.45) is 5.54. The molecule has 1 amide bonds. The highest BCUT2D eigenvalue weighted by Crippen LogP contribution is 2.12. The summed E-state index contributed by atoms with van der Waals surface area (Å²) in [5.41, 5.74) is 0.